The van der Waals surface area contributed by atoms with Crippen LogP contribution in [0.4, 0.5) is 0 Å². The maximum absolute atomic E-state index is 5.51. The molecule has 0 amide bonds. The number of allylic oxidation sites excluding steroid dienone is 1. The van der Waals surface area contributed by atoms with Gasteiger partial charge in [0.1, 0.15) is 5.75 Å². The Balaban J connectivity index is 1.87. The SMILES string of the molecule is COc1ccc(C2=C3CCCCC3SCC2)c(-c2ccccc2)c1. The number of ether oxygens (including phenoxy) is 1. The van der Waals surface area contributed by atoms with Gasteiger partial charge in [-0.25, -0.2) is 0 Å². The number of thioether (sulfide) groups is 1. The quantitative estimate of drug-likeness (QED) is 0.660. The molecule has 1 atom stereocenters. The largest absolute Gasteiger partial charge is 0.497 e. The van der Waals surface area contributed by atoms with Crippen LogP contribution in [0.5, 0.6) is 5.75 Å². The molecular weight excluding hydrogens is 312 g/mol. The van der Waals surface area contributed by atoms with Gasteiger partial charge in [0.2, 0.25) is 0 Å². The molecule has 0 spiro atoms. The molecule has 1 aliphatic carbocycles. The second kappa shape index (κ2) is 7.06. The topological polar surface area (TPSA) is 9.23 Å². The van der Waals surface area contributed by atoms with Crippen molar-refractivity contribution in [3.8, 4) is 16.9 Å². The van der Waals surface area contributed by atoms with Gasteiger partial charge in [-0.3, -0.25) is 0 Å². The van der Waals surface area contributed by atoms with Crippen molar-refractivity contribution in [1.82, 2.24) is 0 Å². The van der Waals surface area contributed by atoms with E-state index in [0.717, 1.165) is 11.0 Å². The summed E-state index contributed by atoms with van der Waals surface area (Å²) < 4.78 is 5.51. The minimum absolute atomic E-state index is 0.758. The molecule has 2 aromatic rings. The van der Waals surface area contributed by atoms with Crippen molar-refractivity contribution in [3.05, 3.63) is 59.7 Å². The Morgan fingerprint density at radius 1 is 0.958 bits per heavy atom. The molecule has 2 aromatic carbocycles. The van der Waals surface area contributed by atoms with E-state index in [4.69, 9.17) is 4.74 Å². The Morgan fingerprint density at radius 3 is 2.67 bits per heavy atom. The van der Waals surface area contributed by atoms with Crippen LogP contribution in [-0.2, 0) is 0 Å². The van der Waals surface area contributed by atoms with Crippen molar-refractivity contribution < 1.29 is 4.74 Å². The van der Waals surface area contributed by atoms with E-state index in [1.54, 1.807) is 18.3 Å². The molecule has 2 aliphatic rings. The second-order valence-corrected chi connectivity index (χ2v) is 7.95. The van der Waals surface area contributed by atoms with E-state index in [2.05, 4.69) is 60.3 Å². The zero-order valence-electron chi connectivity index (χ0n) is 14.3. The molecule has 0 bridgehead atoms. The summed E-state index contributed by atoms with van der Waals surface area (Å²) >= 11 is 2.17. The Morgan fingerprint density at radius 2 is 1.83 bits per heavy atom. The molecule has 124 valence electrons. The highest BCUT2D eigenvalue weighted by Crippen LogP contribution is 2.45. The maximum Gasteiger partial charge on any atom is 0.119 e. The number of rotatable bonds is 3. The minimum Gasteiger partial charge on any atom is -0.497 e. The Hall–Kier alpha value is -1.67. The van der Waals surface area contributed by atoms with Gasteiger partial charge in [-0.05, 0) is 65.8 Å². The van der Waals surface area contributed by atoms with E-state index < -0.39 is 0 Å². The van der Waals surface area contributed by atoms with Crippen LogP contribution in [0.1, 0.15) is 37.7 Å². The summed E-state index contributed by atoms with van der Waals surface area (Å²) in [6, 6.07) is 17.4. The molecule has 1 heterocycles. The van der Waals surface area contributed by atoms with Crippen LogP contribution in [0.2, 0.25) is 0 Å². The van der Waals surface area contributed by atoms with E-state index >= 15 is 0 Å². The van der Waals surface area contributed by atoms with Gasteiger partial charge in [-0.2, -0.15) is 11.8 Å². The maximum atomic E-state index is 5.51. The summed E-state index contributed by atoms with van der Waals surface area (Å²) in [7, 11) is 1.75. The summed E-state index contributed by atoms with van der Waals surface area (Å²) in [4.78, 5) is 0. The van der Waals surface area contributed by atoms with Gasteiger partial charge in [-0.1, -0.05) is 48.4 Å². The molecule has 1 fully saturated rings. The van der Waals surface area contributed by atoms with E-state index in [9.17, 15) is 0 Å². The fraction of sp³-hybridized carbons (Fsp3) is 0.364. The molecule has 24 heavy (non-hydrogen) atoms. The predicted molar refractivity (Wildman–Crippen MR) is 105 cm³/mol. The Kier molecular flexibility index (Phi) is 4.66. The first-order valence-electron chi connectivity index (χ1n) is 8.94. The van der Waals surface area contributed by atoms with Gasteiger partial charge in [-0.15, -0.1) is 0 Å². The summed E-state index contributed by atoms with van der Waals surface area (Å²) in [5.74, 6) is 2.19. The van der Waals surface area contributed by atoms with Crippen LogP contribution in [0, 0.1) is 0 Å². The lowest BCUT2D eigenvalue weighted by Crippen LogP contribution is -2.19. The lowest BCUT2D eigenvalue weighted by molar-refractivity contribution is 0.415. The van der Waals surface area contributed by atoms with Crippen LogP contribution in [0.15, 0.2) is 54.1 Å². The van der Waals surface area contributed by atoms with Crippen molar-refractivity contribution in [2.24, 2.45) is 0 Å². The number of fused-ring (bicyclic) bond motifs is 1. The normalized spacial score (nSPS) is 20.6. The van der Waals surface area contributed by atoms with Crippen molar-refractivity contribution in [2.75, 3.05) is 12.9 Å². The zero-order chi connectivity index (χ0) is 16.4. The highest BCUT2D eigenvalue weighted by atomic mass is 32.2. The third-order valence-electron chi connectivity index (χ3n) is 5.25. The first-order chi connectivity index (χ1) is 11.9. The van der Waals surface area contributed by atoms with Crippen LogP contribution >= 0.6 is 11.8 Å². The molecule has 4 rings (SSSR count). The minimum atomic E-state index is 0.758. The molecule has 1 saturated carbocycles. The smallest absolute Gasteiger partial charge is 0.119 e. The molecule has 1 unspecified atom stereocenters. The predicted octanol–water partition coefficient (Wildman–Crippen LogP) is 6.20. The van der Waals surface area contributed by atoms with Gasteiger partial charge in [0.05, 0.1) is 7.11 Å². The summed E-state index contributed by atoms with van der Waals surface area (Å²) in [6.07, 6.45) is 6.59. The Labute approximate surface area is 149 Å². The summed E-state index contributed by atoms with van der Waals surface area (Å²) in [5.41, 5.74) is 7.35. The lowest BCUT2D eigenvalue weighted by atomic mass is 9.83. The van der Waals surface area contributed by atoms with E-state index in [1.807, 2.05) is 0 Å². The molecular formula is C22H24OS. The number of hydrogen-bond acceptors (Lipinski definition) is 2. The van der Waals surface area contributed by atoms with E-state index in [0.29, 0.717) is 0 Å². The molecule has 0 radical (unpaired) electrons. The molecule has 2 heteroatoms. The molecule has 0 saturated heterocycles. The summed E-state index contributed by atoms with van der Waals surface area (Å²) in [6.45, 7) is 0. The van der Waals surface area contributed by atoms with Crippen LogP contribution < -0.4 is 4.74 Å². The van der Waals surface area contributed by atoms with E-state index in [1.165, 1.54) is 54.5 Å². The first-order valence-corrected chi connectivity index (χ1v) is 9.99. The summed E-state index contributed by atoms with van der Waals surface area (Å²) in [5, 5.41) is 0.758. The second-order valence-electron chi connectivity index (χ2n) is 6.64. The van der Waals surface area contributed by atoms with Gasteiger partial charge in [0.25, 0.3) is 0 Å². The third-order valence-corrected chi connectivity index (χ3v) is 6.61. The van der Waals surface area contributed by atoms with Crippen molar-refractivity contribution in [1.29, 1.82) is 0 Å². The number of methoxy groups -OCH3 is 1. The highest BCUT2D eigenvalue weighted by Gasteiger charge is 2.27. The molecule has 1 nitrogen and oxygen atoms in total. The molecule has 0 aromatic heterocycles. The standard InChI is InChI=1S/C22H24OS/c1-23-17-11-12-18(21(15-17)16-7-3-2-4-8-16)19-13-14-24-22-10-6-5-9-20(19)22/h2-4,7-8,11-12,15,22H,5-6,9-10,13-14H2,1H3. The van der Waals surface area contributed by atoms with Crippen LogP contribution in [0.25, 0.3) is 16.7 Å². The van der Waals surface area contributed by atoms with Gasteiger partial charge >= 0.3 is 0 Å². The van der Waals surface area contributed by atoms with Gasteiger partial charge < -0.3 is 4.74 Å². The average molecular weight is 336 g/mol. The average Bonchev–Trinajstić information content (AvgIpc) is 2.68. The van der Waals surface area contributed by atoms with Crippen LogP contribution in [-0.4, -0.2) is 18.1 Å². The Bertz CT molecular complexity index is 748. The number of hydrogen-bond donors (Lipinski definition) is 0. The third kappa shape index (κ3) is 3.00. The fourth-order valence-corrected chi connectivity index (χ4v) is 5.45. The highest BCUT2D eigenvalue weighted by molar-refractivity contribution is 8.00. The van der Waals surface area contributed by atoms with Crippen molar-refractivity contribution in [2.45, 2.75) is 37.4 Å². The monoisotopic (exact) mass is 336 g/mol. The first kappa shape index (κ1) is 15.8. The van der Waals surface area contributed by atoms with Crippen molar-refractivity contribution >= 4 is 17.3 Å². The van der Waals surface area contributed by atoms with Crippen molar-refractivity contribution in [3.63, 3.8) is 0 Å². The zero-order valence-corrected chi connectivity index (χ0v) is 15.1. The van der Waals surface area contributed by atoms with E-state index in [-0.39, 0.29) is 0 Å². The molecule has 1 aliphatic heterocycles. The fourth-order valence-electron chi connectivity index (χ4n) is 4.05. The lowest BCUT2D eigenvalue weighted by Gasteiger charge is -2.33. The van der Waals surface area contributed by atoms with Crippen LogP contribution in [0.3, 0.4) is 0 Å². The van der Waals surface area contributed by atoms with Gasteiger partial charge in [0.15, 0.2) is 0 Å². The van der Waals surface area contributed by atoms with Gasteiger partial charge in [0, 0.05) is 5.25 Å². The molecule has 0 N–H and O–H groups in total. The number of benzene rings is 2.